The molecule has 1 saturated heterocycles. The van der Waals surface area contributed by atoms with Crippen LogP contribution in [0, 0.1) is 5.92 Å². The number of nitrogens with zero attached hydrogens (tertiary/aromatic N) is 1. The van der Waals surface area contributed by atoms with Gasteiger partial charge in [0.25, 0.3) is 5.91 Å². The van der Waals surface area contributed by atoms with Crippen LogP contribution in [0.1, 0.15) is 27.1 Å². The highest BCUT2D eigenvalue weighted by Crippen LogP contribution is 2.22. The molecule has 0 aromatic heterocycles. The maximum absolute atomic E-state index is 12.4. The number of halogens is 2. The van der Waals surface area contributed by atoms with Crippen molar-refractivity contribution in [1.82, 2.24) is 10.4 Å². The van der Waals surface area contributed by atoms with Gasteiger partial charge in [-0.25, -0.2) is 0 Å². The van der Waals surface area contributed by atoms with E-state index in [1.807, 2.05) is 0 Å². The summed E-state index contributed by atoms with van der Waals surface area (Å²) >= 11 is 11.8. The number of benzene rings is 2. The zero-order valence-corrected chi connectivity index (χ0v) is 17.9. The van der Waals surface area contributed by atoms with Crippen LogP contribution < -0.4 is 10.2 Å². The lowest BCUT2D eigenvalue weighted by Gasteiger charge is -2.18. The summed E-state index contributed by atoms with van der Waals surface area (Å²) < 4.78 is 10.1. The number of rotatable bonds is 7. The zero-order chi connectivity index (χ0) is 22.5. The second-order valence-corrected chi connectivity index (χ2v) is 7.58. The number of ketones is 1. The third-order valence-corrected chi connectivity index (χ3v) is 5.16. The topological polar surface area (TPSA) is 102 Å². The van der Waals surface area contributed by atoms with E-state index in [1.54, 1.807) is 18.2 Å². The normalized spacial score (nSPS) is 15.5. The summed E-state index contributed by atoms with van der Waals surface area (Å²) in [5.74, 6) is -2.49. The Bertz CT molecular complexity index is 1040. The van der Waals surface area contributed by atoms with E-state index in [9.17, 15) is 19.2 Å². The quantitative estimate of drug-likeness (QED) is 0.499. The Morgan fingerprint density at radius 3 is 2.65 bits per heavy atom. The van der Waals surface area contributed by atoms with E-state index >= 15 is 0 Å². The molecule has 31 heavy (non-hydrogen) atoms. The highest BCUT2D eigenvalue weighted by atomic mass is 35.5. The highest BCUT2D eigenvalue weighted by Gasteiger charge is 2.37. The van der Waals surface area contributed by atoms with Gasteiger partial charge in [0.05, 0.1) is 30.2 Å². The predicted octanol–water partition coefficient (Wildman–Crippen LogP) is 2.92. The van der Waals surface area contributed by atoms with Crippen LogP contribution in [0.25, 0.3) is 0 Å². The standard InChI is InChI=1S/C21H18Cl2N2O6/c1-30-15-4-2-3-12(7-15)18(26)11-31-21(29)13-8-19(27)25(10-13)24-20(28)16-6-5-14(22)9-17(16)23/h2-7,9,13H,8,10-11H2,1H3,(H,24,28). The van der Waals surface area contributed by atoms with E-state index in [1.165, 1.54) is 31.4 Å². The van der Waals surface area contributed by atoms with Crippen molar-refractivity contribution in [3.8, 4) is 5.75 Å². The van der Waals surface area contributed by atoms with Crippen molar-refractivity contribution < 1.29 is 28.7 Å². The van der Waals surface area contributed by atoms with Crippen LogP contribution in [-0.2, 0) is 14.3 Å². The maximum Gasteiger partial charge on any atom is 0.311 e. The SMILES string of the molecule is COc1cccc(C(=O)COC(=O)C2CC(=O)N(NC(=O)c3ccc(Cl)cc3Cl)C2)c1. The highest BCUT2D eigenvalue weighted by molar-refractivity contribution is 6.36. The molecule has 2 amide bonds. The monoisotopic (exact) mass is 464 g/mol. The molecule has 2 aromatic carbocycles. The van der Waals surface area contributed by atoms with E-state index in [-0.39, 0.29) is 23.6 Å². The Labute approximate surface area is 188 Å². The molecule has 1 heterocycles. The fraction of sp³-hybridized carbons (Fsp3) is 0.238. The molecule has 1 unspecified atom stereocenters. The molecular formula is C21H18Cl2N2O6. The van der Waals surface area contributed by atoms with Gasteiger partial charge in [0.2, 0.25) is 5.91 Å². The van der Waals surface area contributed by atoms with Crippen molar-refractivity contribution in [2.24, 2.45) is 5.92 Å². The third-order valence-electron chi connectivity index (χ3n) is 4.61. The Balaban J connectivity index is 1.54. The molecule has 1 N–H and O–H groups in total. The van der Waals surface area contributed by atoms with Gasteiger partial charge in [0.15, 0.2) is 12.4 Å². The number of carbonyl (C=O) groups is 4. The van der Waals surface area contributed by atoms with Gasteiger partial charge in [-0.3, -0.25) is 29.6 Å². The second kappa shape index (κ2) is 9.80. The molecular weight excluding hydrogens is 447 g/mol. The van der Waals surface area contributed by atoms with E-state index in [0.717, 1.165) is 5.01 Å². The van der Waals surface area contributed by atoms with Crippen LogP contribution in [-0.4, -0.2) is 48.8 Å². The minimum absolute atomic E-state index is 0.0814. The third kappa shape index (κ3) is 5.53. The van der Waals surface area contributed by atoms with E-state index in [4.69, 9.17) is 32.7 Å². The maximum atomic E-state index is 12.4. The average molecular weight is 465 g/mol. The van der Waals surface area contributed by atoms with Gasteiger partial charge in [-0.05, 0) is 30.3 Å². The molecule has 10 heteroatoms. The number of Topliss-reactive ketones (excluding diaryl/α,β-unsaturated/α-hetero) is 1. The lowest BCUT2D eigenvalue weighted by molar-refractivity contribution is -0.147. The number of hydrazine groups is 1. The fourth-order valence-corrected chi connectivity index (χ4v) is 3.46. The minimum Gasteiger partial charge on any atom is -0.497 e. The first kappa shape index (κ1) is 22.6. The van der Waals surface area contributed by atoms with Crippen molar-refractivity contribution in [2.75, 3.05) is 20.3 Å². The van der Waals surface area contributed by atoms with Gasteiger partial charge in [0, 0.05) is 17.0 Å². The molecule has 162 valence electrons. The van der Waals surface area contributed by atoms with Crippen molar-refractivity contribution in [3.05, 3.63) is 63.6 Å². The van der Waals surface area contributed by atoms with Crippen molar-refractivity contribution in [3.63, 3.8) is 0 Å². The van der Waals surface area contributed by atoms with Crippen LogP contribution in [0.15, 0.2) is 42.5 Å². The van der Waals surface area contributed by atoms with Crippen molar-refractivity contribution in [1.29, 1.82) is 0 Å². The molecule has 1 fully saturated rings. The zero-order valence-electron chi connectivity index (χ0n) is 16.4. The summed E-state index contributed by atoms with van der Waals surface area (Å²) in [5, 5.41) is 1.53. The average Bonchev–Trinajstić information content (AvgIpc) is 3.11. The Morgan fingerprint density at radius 1 is 1.16 bits per heavy atom. The van der Waals surface area contributed by atoms with Crippen molar-refractivity contribution in [2.45, 2.75) is 6.42 Å². The molecule has 0 spiro atoms. The molecule has 1 aliphatic rings. The van der Waals surface area contributed by atoms with Gasteiger partial charge in [-0.1, -0.05) is 35.3 Å². The summed E-state index contributed by atoms with van der Waals surface area (Å²) in [5.41, 5.74) is 2.89. The van der Waals surface area contributed by atoms with Crippen LogP contribution in [0.5, 0.6) is 5.75 Å². The van der Waals surface area contributed by atoms with E-state index in [2.05, 4.69) is 5.43 Å². The van der Waals surface area contributed by atoms with Gasteiger partial charge >= 0.3 is 5.97 Å². The first-order chi connectivity index (χ1) is 14.8. The van der Waals surface area contributed by atoms with E-state index < -0.39 is 36.1 Å². The van der Waals surface area contributed by atoms with Crippen LogP contribution in [0.3, 0.4) is 0 Å². The van der Waals surface area contributed by atoms with Crippen LogP contribution >= 0.6 is 23.2 Å². The number of hydrogen-bond acceptors (Lipinski definition) is 6. The summed E-state index contributed by atoms with van der Waals surface area (Å²) in [6.07, 6.45) is -0.152. The van der Waals surface area contributed by atoms with Gasteiger partial charge in [-0.15, -0.1) is 0 Å². The first-order valence-electron chi connectivity index (χ1n) is 9.18. The van der Waals surface area contributed by atoms with E-state index in [0.29, 0.717) is 16.3 Å². The Morgan fingerprint density at radius 2 is 1.94 bits per heavy atom. The number of methoxy groups -OCH3 is 1. The summed E-state index contributed by atoms with van der Waals surface area (Å²) in [7, 11) is 1.48. The lowest BCUT2D eigenvalue weighted by Crippen LogP contribution is -2.43. The molecule has 8 nitrogen and oxygen atoms in total. The smallest absolute Gasteiger partial charge is 0.311 e. The second-order valence-electron chi connectivity index (χ2n) is 6.73. The molecule has 3 rings (SSSR count). The van der Waals surface area contributed by atoms with Gasteiger partial charge in [-0.2, -0.15) is 0 Å². The molecule has 2 aromatic rings. The number of ether oxygens (including phenoxy) is 2. The molecule has 1 atom stereocenters. The summed E-state index contributed by atoms with van der Waals surface area (Å²) in [4.78, 5) is 49.1. The fourth-order valence-electron chi connectivity index (χ4n) is 2.96. The first-order valence-corrected chi connectivity index (χ1v) is 9.94. The molecule has 0 saturated carbocycles. The lowest BCUT2D eigenvalue weighted by atomic mass is 10.1. The van der Waals surface area contributed by atoms with Crippen molar-refractivity contribution >= 4 is 46.8 Å². The minimum atomic E-state index is -0.813. The summed E-state index contributed by atoms with van der Waals surface area (Å²) in [6.45, 7) is -0.550. The number of nitrogens with one attached hydrogen (secondary N) is 1. The largest absolute Gasteiger partial charge is 0.497 e. The Hall–Kier alpha value is -3.10. The molecule has 0 radical (unpaired) electrons. The molecule has 0 bridgehead atoms. The summed E-state index contributed by atoms with van der Waals surface area (Å²) in [6, 6.07) is 10.8. The van der Waals surface area contributed by atoms with Crippen LogP contribution in [0.2, 0.25) is 10.0 Å². The molecule has 0 aliphatic carbocycles. The van der Waals surface area contributed by atoms with Crippen LogP contribution in [0.4, 0.5) is 0 Å². The number of carbonyl (C=O) groups excluding carboxylic acids is 4. The van der Waals surface area contributed by atoms with Gasteiger partial charge < -0.3 is 9.47 Å². The Kier molecular flexibility index (Phi) is 7.14. The number of amides is 2. The molecule has 1 aliphatic heterocycles. The van der Waals surface area contributed by atoms with Gasteiger partial charge in [0.1, 0.15) is 5.75 Å². The number of hydrogen-bond donors (Lipinski definition) is 1. The number of esters is 1. The predicted molar refractivity (Wildman–Crippen MR) is 112 cm³/mol.